The van der Waals surface area contributed by atoms with E-state index < -0.39 is 0 Å². The van der Waals surface area contributed by atoms with Crippen LogP contribution in [0.15, 0.2) is 48.5 Å². The van der Waals surface area contributed by atoms with Gasteiger partial charge in [0, 0.05) is 11.1 Å². The molecule has 0 spiro atoms. The van der Waals surface area contributed by atoms with E-state index >= 15 is 0 Å². The van der Waals surface area contributed by atoms with Crippen LogP contribution < -0.4 is 15.4 Å². The van der Waals surface area contributed by atoms with Crippen LogP contribution in [0.5, 0.6) is 5.75 Å². The molecular formula is C20H22N2O3. The van der Waals surface area contributed by atoms with Crippen molar-refractivity contribution in [3.05, 3.63) is 65.2 Å². The summed E-state index contributed by atoms with van der Waals surface area (Å²) in [4.78, 5) is 24.4. The smallest absolute Gasteiger partial charge is 0.251 e. The zero-order valence-corrected chi connectivity index (χ0v) is 14.5. The summed E-state index contributed by atoms with van der Waals surface area (Å²) in [7, 11) is 1.55. The van der Waals surface area contributed by atoms with Crippen molar-refractivity contribution < 1.29 is 14.3 Å². The first-order valence-corrected chi connectivity index (χ1v) is 8.29. The first kappa shape index (κ1) is 17.0. The summed E-state index contributed by atoms with van der Waals surface area (Å²) in [6.07, 6.45) is 1.61. The van der Waals surface area contributed by atoms with Crippen LogP contribution in [-0.2, 0) is 17.6 Å². The van der Waals surface area contributed by atoms with Crippen LogP contribution in [0, 0.1) is 0 Å². The zero-order chi connectivity index (χ0) is 17.9. The van der Waals surface area contributed by atoms with Crippen molar-refractivity contribution in [2.24, 2.45) is 0 Å². The fraction of sp³-hybridized carbons (Fsp3) is 0.300. The van der Waals surface area contributed by atoms with Crippen molar-refractivity contribution in [1.29, 1.82) is 0 Å². The molecule has 0 heterocycles. The van der Waals surface area contributed by atoms with Gasteiger partial charge in [-0.05, 0) is 49.1 Å². The number of hydrogen-bond acceptors (Lipinski definition) is 3. The van der Waals surface area contributed by atoms with Gasteiger partial charge in [-0.1, -0.05) is 30.3 Å². The van der Waals surface area contributed by atoms with Crippen LogP contribution in [0.1, 0.15) is 28.4 Å². The molecule has 2 N–H and O–H groups in total. The molecular weight excluding hydrogens is 316 g/mol. The zero-order valence-electron chi connectivity index (χ0n) is 14.5. The lowest BCUT2D eigenvalue weighted by molar-refractivity contribution is -0.121. The lowest BCUT2D eigenvalue weighted by Crippen LogP contribution is -2.50. The predicted octanol–water partition coefficient (Wildman–Crippen LogP) is 2.10. The molecule has 5 heteroatoms. The van der Waals surface area contributed by atoms with Crippen LogP contribution in [0.25, 0.3) is 0 Å². The minimum absolute atomic E-state index is 0.0536. The maximum absolute atomic E-state index is 12.3. The molecule has 130 valence electrons. The molecule has 0 bridgehead atoms. The average Bonchev–Trinajstić information content (AvgIpc) is 2.95. The molecule has 2 aromatic rings. The number of hydrogen-bond donors (Lipinski definition) is 2. The maximum atomic E-state index is 12.3. The van der Waals surface area contributed by atoms with E-state index in [1.165, 1.54) is 11.1 Å². The number of carbonyl (C=O) groups excluding carboxylic acids is 2. The van der Waals surface area contributed by atoms with Gasteiger partial charge >= 0.3 is 0 Å². The number of rotatable bonds is 5. The summed E-state index contributed by atoms with van der Waals surface area (Å²) in [5.74, 6) is 0.119. The van der Waals surface area contributed by atoms with Gasteiger partial charge in [0.2, 0.25) is 5.91 Å². The Morgan fingerprint density at radius 1 is 1.08 bits per heavy atom. The fourth-order valence-corrected chi connectivity index (χ4v) is 3.30. The van der Waals surface area contributed by atoms with Crippen molar-refractivity contribution in [2.45, 2.75) is 25.3 Å². The second-order valence-corrected chi connectivity index (χ2v) is 6.65. The third-order valence-electron chi connectivity index (χ3n) is 4.46. The van der Waals surface area contributed by atoms with E-state index in [1.54, 1.807) is 31.4 Å². The molecule has 1 aliphatic carbocycles. The SMILES string of the molecule is COc1cccc(C(=O)NCC(=O)NC2(C)Cc3ccccc3C2)c1. The average molecular weight is 338 g/mol. The maximum Gasteiger partial charge on any atom is 0.251 e. The Kier molecular flexibility index (Phi) is 4.74. The summed E-state index contributed by atoms with van der Waals surface area (Å²) in [5.41, 5.74) is 2.70. The molecule has 0 atom stereocenters. The first-order valence-electron chi connectivity index (χ1n) is 8.29. The predicted molar refractivity (Wildman–Crippen MR) is 95.7 cm³/mol. The van der Waals surface area contributed by atoms with Gasteiger partial charge in [-0.15, -0.1) is 0 Å². The van der Waals surface area contributed by atoms with Crippen molar-refractivity contribution >= 4 is 11.8 Å². The molecule has 1 aliphatic rings. The van der Waals surface area contributed by atoms with Crippen LogP contribution in [-0.4, -0.2) is 31.0 Å². The standard InChI is InChI=1S/C20H22N2O3/c1-20(11-15-6-3-4-7-16(15)12-20)22-18(23)13-21-19(24)14-8-5-9-17(10-14)25-2/h3-10H,11-13H2,1-2H3,(H,21,24)(H,22,23). The van der Waals surface area contributed by atoms with E-state index in [2.05, 4.69) is 22.8 Å². The highest BCUT2D eigenvalue weighted by Crippen LogP contribution is 2.29. The quantitative estimate of drug-likeness (QED) is 0.877. The summed E-state index contributed by atoms with van der Waals surface area (Å²) in [6.45, 7) is 1.98. The van der Waals surface area contributed by atoms with Gasteiger partial charge in [0.1, 0.15) is 5.75 Å². The van der Waals surface area contributed by atoms with Crippen LogP contribution in [0.4, 0.5) is 0 Å². The number of benzene rings is 2. The summed E-state index contributed by atoms with van der Waals surface area (Å²) >= 11 is 0. The summed E-state index contributed by atoms with van der Waals surface area (Å²) in [5, 5.41) is 5.71. The van der Waals surface area contributed by atoms with Gasteiger partial charge < -0.3 is 15.4 Å². The molecule has 0 aromatic heterocycles. The minimum atomic E-state index is -0.304. The molecule has 0 radical (unpaired) electrons. The van der Waals surface area contributed by atoms with Crippen LogP contribution in [0.2, 0.25) is 0 Å². The molecule has 0 unspecified atom stereocenters. The van der Waals surface area contributed by atoms with Gasteiger partial charge in [-0.2, -0.15) is 0 Å². The molecule has 3 rings (SSSR count). The molecule has 5 nitrogen and oxygen atoms in total. The molecule has 0 saturated heterocycles. The number of fused-ring (bicyclic) bond motifs is 1. The highest BCUT2D eigenvalue weighted by molar-refractivity contribution is 5.96. The van der Waals surface area contributed by atoms with Crippen LogP contribution >= 0.6 is 0 Å². The number of nitrogens with one attached hydrogen (secondary N) is 2. The first-order chi connectivity index (χ1) is 12.0. The Morgan fingerprint density at radius 2 is 1.76 bits per heavy atom. The van der Waals surface area contributed by atoms with Gasteiger partial charge in [-0.3, -0.25) is 9.59 Å². The van der Waals surface area contributed by atoms with Crippen molar-refractivity contribution in [1.82, 2.24) is 10.6 Å². The summed E-state index contributed by atoms with van der Waals surface area (Å²) < 4.78 is 5.10. The molecule has 2 amide bonds. The number of carbonyl (C=O) groups is 2. The van der Waals surface area contributed by atoms with Gasteiger partial charge in [-0.25, -0.2) is 0 Å². The lowest BCUT2D eigenvalue weighted by Gasteiger charge is -2.25. The largest absolute Gasteiger partial charge is 0.497 e. The highest BCUT2D eigenvalue weighted by Gasteiger charge is 2.33. The van der Waals surface area contributed by atoms with E-state index in [-0.39, 0.29) is 23.9 Å². The highest BCUT2D eigenvalue weighted by atomic mass is 16.5. The van der Waals surface area contributed by atoms with Crippen LogP contribution in [0.3, 0.4) is 0 Å². The van der Waals surface area contributed by atoms with Gasteiger partial charge in [0.25, 0.3) is 5.91 Å². The van der Waals surface area contributed by atoms with E-state index in [0.717, 1.165) is 12.8 Å². The van der Waals surface area contributed by atoms with Crippen molar-refractivity contribution in [2.75, 3.05) is 13.7 Å². The topological polar surface area (TPSA) is 67.4 Å². The lowest BCUT2D eigenvalue weighted by atomic mass is 9.98. The Bertz CT molecular complexity index is 776. The molecule has 0 fully saturated rings. The Hall–Kier alpha value is -2.82. The summed E-state index contributed by atoms with van der Waals surface area (Å²) in [6, 6.07) is 15.1. The van der Waals surface area contributed by atoms with E-state index in [9.17, 15) is 9.59 Å². The molecule has 0 aliphatic heterocycles. The Morgan fingerprint density at radius 3 is 2.40 bits per heavy atom. The number of methoxy groups -OCH3 is 1. The molecule has 25 heavy (non-hydrogen) atoms. The van der Waals surface area contributed by atoms with Crippen molar-refractivity contribution in [3.63, 3.8) is 0 Å². The van der Waals surface area contributed by atoms with E-state index in [0.29, 0.717) is 11.3 Å². The second-order valence-electron chi connectivity index (χ2n) is 6.65. The monoisotopic (exact) mass is 338 g/mol. The Balaban J connectivity index is 1.54. The number of ether oxygens (including phenoxy) is 1. The van der Waals surface area contributed by atoms with E-state index in [1.807, 2.05) is 19.1 Å². The van der Waals surface area contributed by atoms with E-state index in [4.69, 9.17) is 4.74 Å². The van der Waals surface area contributed by atoms with Crippen molar-refractivity contribution in [3.8, 4) is 5.75 Å². The fourth-order valence-electron chi connectivity index (χ4n) is 3.30. The van der Waals surface area contributed by atoms with Gasteiger partial charge in [0.15, 0.2) is 0 Å². The number of amides is 2. The second kappa shape index (κ2) is 6.97. The normalized spacial score (nSPS) is 14.5. The molecule has 2 aromatic carbocycles. The third kappa shape index (κ3) is 3.99. The minimum Gasteiger partial charge on any atom is -0.497 e. The molecule has 0 saturated carbocycles. The Labute approximate surface area is 147 Å². The van der Waals surface area contributed by atoms with Gasteiger partial charge in [0.05, 0.1) is 13.7 Å². The third-order valence-corrected chi connectivity index (χ3v) is 4.46.